The second-order valence-electron chi connectivity index (χ2n) is 3.59. The van der Waals surface area contributed by atoms with Crippen molar-refractivity contribution in [3.05, 3.63) is 0 Å². The van der Waals surface area contributed by atoms with Crippen LogP contribution in [-0.2, 0) is 0 Å². The fraction of sp³-hybridized carbons (Fsp3) is 1.00. The molecular formula is C8H21AsPbS2. The molecule has 0 nitrogen and oxygen atoms in total. The number of hydrogen-bond donors (Lipinski definition) is 0. The van der Waals surface area contributed by atoms with E-state index in [2.05, 4.69) is 38.8 Å². The van der Waals surface area contributed by atoms with Gasteiger partial charge in [-0.15, -0.1) is 0 Å². The van der Waals surface area contributed by atoms with Gasteiger partial charge in [0, 0.05) is 0 Å². The van der Waals surface area contributed by atoms with Crippen LogP contribution in [0.15, 0.2) is 0 Å². The Kier molecular flexibility index (Phi) is 6.81. The van der Waals surface area contributed by atoms with Gasteiger partial charge in [-0.25, -0.2) is 0 Å². The minimum absolute atomic E-state index is 1.49. The van der Waals surface area contributed by atoms with Crippen LogP contribution in [0, 0.1) is 0 Å². The van der Waals surface area contributed by atoms with Gasteiger partial charge in [-0.05, 0) is 0 Å². The van der Waals surface area contributed by atoms with Crippen molar-refractivity contribution in [1.82, 2.24) is 0 Å². The van der Waals surface area contributed by atoms with E-state index in [-0.39, 0.29) is 0 Å². The molecule has 0 aliphatic carbocycles. The van der Waals surface area contributed by atoms with Crippen LogP contribution in [-0.4, -0.2) is 30.4 Å². The zero-order valence-electron chi connectivity index (χ0n) is 8.89. The molecule has 0 saturated carbocycles. The van der Waals surface area contributed by atoms with Crippen molar-refractivity contribution in [2.45, 2.75) is 44.1 Å². The third-order valence-corrected chi connectivity index (χ3v) is 91.3. The van der Waals surface area contributed by atoms with Gasteiger partial charge in [0.2, 0.25) is 0 Å². The molecule has 0 atom stereocenters. The number of rotatable bonds is 5. The molecule has 0 radical (unpaired) electrons. The van der Waals surface area contributed by atoms with Gasteiger partial charge in [-0.2, -0.15) is 0 Å². The van der Waals surface area contributed by atoms with Crippen molar-refractivity contribution in [3.8, 4) is 0 Å². The van der Waals surface area contributed by atoms with E-state index in [4.69, 9.17) is 10.4 Å². The van der Waals surface area contributed by atoms with Gasteiger partial charge in [0.15, 0.2) is 0 Å². The Bertz CT molecular complexity index is 164. The summed E-state index contributed by atoms with van der Waals surface area (Å²) in [5.74, 6) is 0. The first kappa shape index (κ1) is 14.1. The molecule has 0 amide bonds. The number of hydrogen-bond acceptors (Lipinski definition) is 2. The normalized spacial score (nSPS) is 13.4. The first-order valence-corrected chi connectivity index (χ1v) is 27.1. The summed E-state index contributed by atoms with van der Waals surface area (Å²) in [4.78, 5) is 0. The van der Waals surface area contributed by atoms with Crippen molar-refractivity contribution < 1.29 is 0 Å². The third kappa shape index (κ3) is 5.06. The molecule has 4 heteroatoms. The van der Waals surface area contributed by atoms with Crippen LogP contribution in [0.2, 0.25) is 23.4 Å². The van der Waals surface area contributed by atoms with Gasteiger partial charge in [0.1, 0.15) is 0 Å². The molecule has 0 aromatic carbocycles. The van der Waals surface area contributed by atoms with Gasteiger partial charge in [-0.1, -0.05) is 0 Å². The van der Waals surface area contributed by atoms with E-state index in [1.807, 2.05) is 0 Å². The molecule has 0 saturated heterocycles. The maximum atomic E-state index is 5.62. The van der Waals surface area contributed by atoms with Crippen molar-refractivity contribution in [2.24, 2.45) is 0 Å². The van der Waals surface area contributed by atoms with Crippen molar-refractivity contribution in [3.63, 3.8) is 0 Å². The van der Waals surface area contributed by atoms with Crippen LogP contribution in [0.3, 0.4) is 0 Å². The Morgan fingerprint density at radius 2 is 1.42 bits per heavy atom. The summed E-state index contributed by atoms with van der Waals surface area (Å²) in [5, 5.41) is 0. The standard InChI is InChI=1S/C2H7AsS2.3C2H5.Pb/c1-3(2,4)5;3*1-2;/h1-2H3,(H,4,5);3*1H2,2H3;/q;;;;+1/p-1. The van der Waals surface area contributed by atoms with Gasteiger partial charge < -0.3 is 0 Å². The summed E-state index contributed by atoms with van der Waals surface area (Å²) in [6.45, 7) is 9.53. The van der Waals surface area contributed by atoms with Crippen LogP contribution in [0.5, 0.6) is 0 Å². The molecule has 0 aromatic rings. The van der Waals surface area contributed by atoms with Gasteiger partial charge in [0.05, 0.1) is 0 Å². The molecular weight excluding hydrogens is 442 g/mol. The molecule has 0 fully saturated rings. The summed E-state index contributed by atoms with van der Waals surface area (Å²) < 4.78 is 4.48. The van der Waals surface area contributed by atoms with E-state index in [1.165, 1.54) is 11.9 Å². The fourth-order valence-electron chi connectivity index (χ4n) is 1.41. The Labute approximate surface area is 90.3 Å². The second kappa shape index (κ2) is 5.82. The van der Waals surface area contributed by atoms with E-state index < -0.39 is 30.4 Å². The van der Waals surface area contributed by atoms with E-state index in [1.54, 1.807) is 0 Å². The summed E-state index contributed by atoms with van der Waals surface area (Å²) in [5.41, 5.74) is 4.71. The molecule has 0 unspecified atom stereocenters. The molecule has 0 N–H and O–H groups in total. The zero-order valence-corrected chi connectivity index (χ0v) is 16.3. The second-order valence-corrected chi connectivity index (χ2v) is 57.0. The molecule has 0 heterocycles. The van der Waals surface area contributed by atoms with Crippen LogP contribution in [0.4, 0.5) is 0 Å². The zero-order chi connectivity index (χ0) is 9.83. The van der Waals surface area contributed by atoms with Crippen LogP contribution >= 0.6 is 17.0 Å². The summed E-state index contributed by atoms with van der Waals surface area (Å²) in [7, 11) is 4.05. The Hall–Kier alpha value is 2.05. The Morgan fingerprint density at radius 1 is 1.08 bits per heavy atom. The average molecular weight is 464 g/mol. The molecule has 0 rings (SSSR count). The molecule has 0 bridgehead atoms. The average Bonchev–Trinajstić information content (AvgIpc) is 1.99. The molecule has 0 aliphatic rings. The topological polar surface area (TPSA) is 0 Å². The Morgan fingerprint density at radius 3 is 1.50 bits per heavy atom. The summed E-state index contributed by atoms with van der Waals surface area (Å²) in [6.07, 6.45) is 0. The first-order chi connectivity index (χ1) is 5.39. The molecule has 0 aliphatic heterocycles. The van der Waals surface area contributed by atoms with Gasteiger partial charge in [0.25, 0.3) is 0 Å². The fourth-order valence-corrected chi connectivity index (χ4v) is 118. The summed E-state index contributed by atoms with van der Waals surface area (Å²) >= 11 is -1.84. The van der Waals surface area contributed by atoms with Crippen LogP contribution in [0.25, 0.3) is 0 Å². The predicted octanol–water partition coefficient (Wildman–Crippen LogP) is 4.62. The van der Waals surface area contributed by atoms with Crippen molar-refractivity contribution in [1.29, 1.82) is 0 Å². The molecule has 0 spiro atoms. The van der Waals surface area contributed by atoms with Crippen LogP contribution < -0.4 is 0 Å². The van der Waals surface area contributed by atoms with Crippen molar-refractivity contribution in [2.75, 3.05) is 0 Å². The summed E-state index contributed by atoms with van der Waals surface area (Å²) in [6, 6.07) is 0. The van der Waals surface area contributed by atoms with E-state index in [0.717, 1.165) is 0 Å². The predicted molar refractivity (Wildman–Crippen MR) is 69.9 cm³/mol. The minimum atomic E-state index is -1.84. The Balaban J connectivity index is 4.41. The van der Waals surface area contributed by atoms with Gasteiger partial charge >= 0.3 is 91.5 Å². The van der Waals surface area contributed by atoms with Crippen molar-refractivity contribution >= 4 is 47.4 Å². The van der Waals surface area contributed by atoms with Crippen LogP contribution in [0.1, 0.15) is 20.8 Å². The molecule has 12 heavy (non-hydrogen) atoms. The van der Waals surface area contributed by atoms with E-state index in [9.17, 15) is 0 Å². The maximum absolute atomic E-state index is 5.62. The monoisotopic (exact) mass is 464 g/mol. The first-order valence-electron chi connectivity index (χ1n) is 4.65. The van der Waals surface area contributed by atoms with Gasteiger partial charge in [-0.3, -0.25) is 0 Å². The quantitative estimate of drug-likeness (QED) is 0.546. The SMILES string of the molecule is C[CH2][Pb]([CH2]C)([CH2]C)[S][As](C)(C)=S. The van der Waals surface area contributed by atoms with E-state index >= 15 is 0 Å². The molecule has 74 valence electrons. The van der Waals surface area contributed by atoms with E-state index in [0.29, 0.717) is 0 Å². The molecule has 0 aromatic heterocycles. The third-order valence-electron chi connectivity index (χ3n) is 2.35.